The number of rotatable bonds is 5. The maximum absolute atomic E-state index is 13.4. The first-order chi connectivity index (χ1) is 11.2. The molecule has 0 aromatic heterocycles. The summed E-state index contributed by atoms with van der Waals surface area (Å²) in [6.45, 7) is 7.17. The molecule has 0 aliphatic carbocycles. The van der Waals surface area contributed by atoms with Gasteiger partial charge in [0.15, 0.2) is 0 Å². The Morgan fingerprint density at radius 3 is 2.33 bits per heavy atom. The van der Waals surface area contributed by atoms with Gasteiger partial charge in [-0.05, 0) is 73.7 Å². The van der Waals surface area contributed by atoms with Crippen LogP contribution >= 0.6 is 0 Å². The molecule has 2 rings (SSSR count). The van der Waals surface area contributed by atoms with Gasteiger partial charge in [-0.2, -0.15) is 0 Å². The third-order valence-electron chi connectivity index (χ3n) is 4.23. The molecule has 1 N–H and O–H groups in total. The second kappa shape index (κ2) is 6.91. The van der Waals surface area contributed by atoms with Gasteiger partial charge in [0.05, 0.1) is 12.0 Å². The topological polar surface area (TPSA) is 55.4 Å². The van der Waals surface area contributed by atoms with Gasteiger partial charge in [0.2, 0.25) is 10.0 Å². The number of hydrogen-bond donors (Lipinski definition) is 1. The molecule has 6 heteroatoms. The molecule has 0 radical (unpaired) electrons. The van der Waals surface area contributed by atoms with Gasteiger partial charge in [-0.25, -0.2) is 17.5 Å². The number of aryl methyl sites for hydroxylation is 2. The minimum absolute atomic E-state index is 0.0376. The van der Waals surface area contributed by atoms with Crippen molar-refractivity contribution in [2.75, 3.05) is 7.11 Å². The number of methoxy groups -OCH3 is 1. The van der Waals surface area contributed by atoms with E-state index in [-0.39, 0.29) is 17.3 Å². The summed E-state index contributed by atoms with van der Waals surface area (Å²) in [7, 11) is -2.17. The summed E-state index contributed by atoms with van der Waals surface area (Å²) in [5, 5.41) is 0. The SMILES string of the molecule is COc1cc(C)c(S(=O)(=O)NCc2cc(F)ccc2C)c(C)c1C. The van der Waals surface area contributed by atoms with Gasteiger partial charge in [0, 0.05) is 6.54 Å². The van der Waals surface area contributed by atoms with Crippen molar-refractivity contribution in [2.45, 2.75) is 39.1 Å². The molecule has 0 fully saturated rings. The highest BCUT2D eigenvalue weighted by Gasteiger charge is 2.22. The van der Waals surface area contributed by atoms with Gasteiger partial charge < -0.3 is 4.74 Å². The fraction of sp³-hybridized carbons (Fsp3) is 0.333. The number of sulfonamides is 1. The molecule has 24 heavy (non-hydrogen) atoms. The van der Waals surface area contributed by atoms with Crippen LogP contribution < -0.4 is 9.46 Å². The van der Waals surface area contributed by atoms with E-state index in [1.165, 1.54) is 12.1 Å². The van der Waals surface area contributed by atoms with Crippen molar-refractivity contribution in [3.8, 4) is 5.75 Å². The first-order valence-electron chi connectivity index (χ1n) is 7.57. The second-order valence-electron chi connectivity index (χ2n) is 5.87. The Hall–Kier alpha value is -1.92. The van der Waals surface area contributed by atoms with Crippen molar-refractivity contribution in [1.29, 1.82) is 0 Å². The first-order valence-corrected chi connectivity index (χ1v) is 9.05. The third kappa shape index (κ3) is 3.60. The zero-order valence-electron chi connectivity index (χ0n) is 14.5. The Kier molecular flexibility index (Phi) is 5.30. The molecule has 2 aromatic rings. The van der Waals surface area contributed by atoms with Crippen molar-refractivity contribution >= 4 is 10.0 Å². The van der Waals surface area contributed by atoms with Crippen molar-refractivity contribution < 1.29 is 17.5 Å². The van der Waals surface area contributed by atoms with Crippen LogP contribution in [0.3, 0.4) is 0 Å². The molecule has 0 bridgehead atoms. The number of nitrogens with one attached hydrogen (secondary N) is 1. The van der Waals surface area contributed by atoms with Crippen LogP contribution in [-0.2, 0) is 16.6 Å². The van der Waals surface area contributed by atoms with Crippen LogP contribution in [0.1, 0.15) is 27.8 Å². The lowest BCUT2D eigenvalue weighted by Gasteiger charge is -2.17. The van der Waals surface area contributed by atoms with Gasteiger partial charge in [0.25, 0.3) is 0 Å². The lowest BCUT2D eigenvalue weighted by Crippen LogP contribution is -2.25. The Balaban J connectivity index is 2.38. The number of ether oxygens (including phenoxy) is 1. The highest BCUT2D eigenvalue weighted by molar-refractivity contribution is 7.89. The number of benzene rings is 2. The molecule has 0 amide bonds. The number of hydrogen-bond acceptors (Lipinski definition) is 3. The average molecular weight is 351 g/mol. The molecule has 0 saturated heterocycles. The molecule has 0 heterocycles. The summed E-state index contributed by atoms with van der Waals surface area (Å²) >= 11 is 0. The van der Waals surface area contributed by atoms with Crippen LogP contribution in [0, 0.1) is 33.5 Å². The summed E-state index contributed by atoms with van der Waals surface area (Å²) < 4.78 is 46.7. The van der Waals surface area contributed by atoms with E-state index in [0.717, 1.165) is 11.1 Å². The Bertz CT molecular complexity index is 876. The van der Waals surface area contributed by atoms with Gasteiger partial charge in [-0.1, -0.05) is 6.07 Å². The molecular formula is C18H22FNO3S. The Morgan fingerprint density at radius 2 is 1.71 bits per heavy atom. The molecule has 130 valence electrons. The summed E-state index contributed by atoms with van der Waals surface area (Å²) in [4.78, 5) is 0.245. The minimum Gasteiger partial charge on any atom is -0.496 e. The lowest BCUT2D eigenvalue weighted by atomic mass is 10.1. The fourth-order valence-corrected chi connectivity index (χ4v) is 4.25. The van der Waals surface area contributed by atoms with Crippen LogP contribution in [0.25, 0.3) is 0 Å². The van der Waals surface area contributed by atoms with Crippen molar-refractivity contribution in [3.63, 3.8) is 0 Å². The molecule has 0 spiro atoms. The van der Waals surface area contributed by atoms with E-state index in [1.54, 1.807) is 33.1 Å². The molecule has 0 aliphatic rings. The molecule has 0 saturated carbocycles. The minimum atomic E-state index is -3.72. The maximum Gasteiger partial charge on any atom is 0.241 e. The lowest BCUT2D eigenvalue weighted by molar-refractivity contribution is 0.410. The zero-order chi connectivity index (χ0) is 18.1. The van der Waals surface area contributed by atoms with E-state index in [4.69, 9.17) is 4.74 Å². The van der Waals surface area contributed by atoms with E-state index in [9.17, 15) is 12.8 Å². The molecule has 4 nitrogen and oxygen atoms in total. The quantitative estimate of drug-likeness (QED) is 0.896. The predicted octanol–water partition coefficient (Wildman–Crippen LogP) is 3.55. The van der Waals surface area contributed by atoms with Crippen LogP contribution in [0.2, 0.25) is 0 Å². The first kappa shape index (κ1) is 18.4. The van der Waals surface area contributed by atoms with E-state index in [0.29, 0.717) is 22.4 Å². The molecule has 0 atom stereocenters. The summed E-state index contributed by atoms with van der Waals surface area (Å²) in [6.07, 6.45) is 0. The third-order valence-corrected chi connectivity index (χ3v) is 5.92. The van der Waals surface area contributed by atoms with Crippen molar-refractivity contribution in [1.82, 2.24) is 4.72 Å². The van der Waals surface area contributed by atoms with Crippen LogP contribution in [0.5, 0.6) is 5.75 Å². The van der Waals surface area contributed by atoms with Gasteiger partial charge in [-0.3, -0.25) is 0 Å². The van der Waals surface area contributed by atoms with Crippen LogP contribution in [0.15, 0.2) is 29.2 Å². The molecule has 2 aromatic carbocycles. The molecular weight excluding hydrogens is 329 g/mol. The summed E-state index contributed by atoms with van der Waals surface area (Å²) in [5.74, 6) is 0.271. The maximum atomic E-state index is 13.4. The van der Waals surface area contributed by atoms with E-state index in [2.05, 4.69) is 4.72 Å². The largest absolute Gasteiger partial charge is 0.496 e. The van der Waals surface area contributed by atoms with Crippen molar-refractivity contribution in [2.24, 2.45) is 0 Å². The summed E-state index contributed by atoms with van der Waals surface area (Å²) in [6, 6.07) is 6.04. The monoisotopic (exact) mass is 351 g/mol. The smallest absolute Gasteiger partial charge is 0.241 e. The standard InChI is InChI=1S/C18H22FNO3S/c1-11-6-7-16(19)9-15(11)10-20-24(21,22)18-12(2)8-17(23-5)13(3)14(18)4/h6-9,20H,10H2,1-5H3. The molecule has 0 unspecified atom stereocenters. The van der Waals surface area contributed by atoms with Gasteiger partial charge >= 0.3 is 0 Å². The van der Waals surface area contributed by atoms with Gasteiger partial charge in [-0.15, -0.1) is 0 Å². The highest BCUT2D eigenvalue weighted by atomic mass is 32.2. The van der Waals surface area contributed by atoms with Gasteiger partial charge in [0.1, 0.15) is 11.6 Å². The fourth-order valence-electron chi connectivity index (χ4n) is 2.72. The Morgan fingerprint density at radius 1 is 1.04 bits per heavy atom. The van der Waals surface area contributed by atoms with Crippen molar-refractivity contribution in [3.05, 3.63) is 57.9 Å². The van der Waals surface area contributed by atoms with Crippen LogP contribution in [0.4, 0.5) is 4.39 Å². The number of halogens is 1. The average Bonchev–Trinajstić information content (AvgIpc) is 2.51. The Labute approximate surface area is 142 Å². The van der Waals surface area contributed by atoms with E-state index in [1.807, 2.05) is 13.8 Å². The highest BCUT2D eigenvalue weighted by Crippen LogP contribution is 2.30. The van der Waals surface area contributed by atoms with E-state index < -0.39 is 10.0 Å². The normalized spacial score (nSPS) is 11.6. The predicted molar refractivity (Wildman–Crippen MR) is 92.4 cm³/mol. The molecule has 0 aliphatic heterocycles. The van der Waals surface area contributed by atoms with E-state index >= 15 is 0 Å². The zero-order valence-corrected chi connectivity index (χ0v) is 15.3. The summed E-state index contributed by atoms with van der Waals surface area (Å²) in [5.41, 5.74) is 3.48. The van der Waals surface area contributed by atoms with Crippen LogP contribution in [-0.4, -0.2) is 15.5 Å². The second-order valence-corrected chi connectivity index (χ2v) is 7.57.